The lowest BCUT2D eigenvalue weighted by Gasteiger charge is -2.09. The van der Waals surface area contributed by atoms with Gasteiger partial charge in [0.05, 0.1) is 21.4 Å². The molecule has 1 aromatic heterocycles. The van der Waals surface area contributed by atoms with Crippen LogP contribution < -0.4 is 5.32 Å². The predicted molar refractivity (Wildman–Crippen MR) is 92.0 cm³/mol. The van der Waals surface area contributed by atoms with Gasteiger partial charge in [-0.25, -0.2) is 18.6 Å². The molecule has 1 N–H and O–H groups in total. The van der Waals surface area contributed by atoms with Crippen molar-refractivity contribution in [3.05, 3.63) is 56.4 Å². The molecule has 5 nitrogen and oxygen atoms in total. The number of esters is 1. The van der Waals surface area contributed by atoms with Crippen molar-refractivity contribution in [2.24, 2.45) is 0 Å². The van der Waals surface area contributed by atoms with E-state index in [4.69, 9.17) is 4.74 Å². The lowest BCUT2D eigenvalue weighted by molar-refractivity contribution is 0.0524. The average Bonchev–Trinajstić information content (AvgIpc) is 2.52. The molecule has 0 bridgehead atoms. The predicted octanol–water partition coefficient (Wildman–Crippen LogP) is 3.70. The van der Waals surface area contributed by atoms with Crippen LogP contribution in [0.25, 0.3) is 0 Å². The molecule has 0 radical (unpaired) electrons. The molecule has 2 rings (SSSR count). The Kier molecular flexibility index (Phi) is 5.81. The van der Waals surface area contributed by atoms with Crippen LogP contribution in [-0.2, 0) is 4.74 Å². The number of carbonyl (C=O) groups is 2. The van der Waals surface area contributed by atoms with Gasteiger partial charge < -0.3 is 10.1 Å². The van der Waals surface area contributed by atoms with Crippen LogP contribution in [0.2, 0.25) is 0 Å². The lowest BCUT2D eigenvalue weighted by Crippen LogP contribution is -2.16. The van der Waals surface area contributed by atoms with E-state index in [1.165, 1.54) is 34.7 Å². The number of hydrogen-bond donors (Lipinski definition) is 1. The molecule has 0 saturated carbocycles. The van der Waals surface area contributed by atoms with Gasteiger partial charge in [0.1, 0.15) is 17.3 Å². The normalized spacial score (nSPS) is 10.4. The van der Waals surface area contributed by atoms with Crippen LogP contribution in [-0.4, -0.2) is 23.5 Å². The molecule has 0 fully saturated rings. The van der Waals surface area contributed by atoms with Gasteiger partial charge in [0, 0.05) is 5.69 Å². The molecule has 0 saturated heterocycles. The van der Waals surface area contributed by atoms with E-state index in [1.54, 1.807) is 13.8 Å². The first kappa shape index (κ1) is 18.2. The van der Waals surface area contributed by atoms with Gasteiger partial charge in [-0.3, -0.25) is 4.79 Å². The van der Waals surface area contributed by atoms with Crippen LogP contribution in [0.1, 0.15) is 33.5 Å². The summed E-state index contributed by atoms with van der Waals surface area (Å²) >= 11 is 1.53. The fraction of sp³-hybridized carbons (Fsp3) is 0.188. The number of ether oxygens (including phenoxy) is 1. The smallest absolute Gasteiger partial charge is 0.339 e. The highest BCUT2D eigenvalue weighted by Gasteiger charge is 2.16. The van der Waals surface area contributed by atoms with Gasteiger partial charge in [0.2, 0.25) is 0 Å². The van der Waals surface area contributed by atoms with Crippen LogP contribution in [0.4, 0.5) is 14.5 Å². The van der Waals surface area contributed by atoms with Crippen LogP contribution in [0, 0.1) is 22.1 Å². The van der Waals surface area contributed by atoms with Gasteiger partial charge in [-0.15, -0.1) is 0 Å². The van der Waals surface area contributed by atoms with Gasteiger partial charge >= 0.3 is 5.97 Å². The minimum Gasteiger partial charge on any atom is -0.462 e. The molecule has 0 unspecified atom stereocenters. The highest BCUT2D eigenvalue weighted by atomic mass is 127. The number of nitrogens with zero attached hydrogens (tertiary/aromatic N) is 1. The van der Waals surface area contributed by atoms with Gasteiger partial charge in [0.15, 0.2) is 0 Å². The summed E-state index contributed by atoms with van der Waals surface area (Å²) in [5.41, 5.74) is 0.560. The van der Waals surface area contributed by atoms with Gasteiger partial charge in [-0.05, 0) is 60.7 Å². The highest BCUT2D eigenvalue weighted by Crippen LogP contribution is 2.21. The van der Waals surface area contributed by atoms with Crippen LogP contribution >= 0.6 is 22.6 Å². The molecule has 8 heteroatoms. The number of rotatable bonds is 4. The molecule has 1 aromatic carbocycles. The number of halogens is 3. The molecule has 0 aliphatic carbocycles. The van der Waals surface area contributed by atoms with E-state index in [0.717, 1.165) is 12.1 Å². The fourth-order valence-electron chi connectivity index (χ4n) is 1.93. The number of amides is 1. The molecule has 24 heavy (non-hydrogen) atoms. The van der Waals surface area contributed by atoms with Crippen molar-refractivity contribution in [2.75, 3.05) is 11.9 Å². The topological polar surface area (TPSA) is 68.3 Å². The van der Waals surface area contributed by atoms with Crippen molar-refractivity contribution in [1.82, 2.24) is 4.98 Å². The Hall–Kier alpha value is -2.10. The number of aromatic nitrogens is 1. The van der Waals surface area contributed by atoms with Crippen LogP contribution in [0.3, 0.4) is 0 Å². The molecule has 0 spiro atoms. The standard InChI is InChI=1S/C16H13F2IN2O3/c1-3-24-16(23)10-4-5-13(20-8(10)2)15(22)21-9-6-11(17)14(19)12(18)7-9/h4-7H,3H2,1-2H3,(H,21,22). The number of carbonyl (C=O) groups excluding carboxylic acids is 2. The fourth-order valence-corrected chi connectivity index (χ4v) is 2.25. The Balaban J connectivity index is 2.21. The van der Waals surface area contributed by atoms with Crippen molar-refractivity contribution >= 4 is 40.2 Å². The largest absolute Gasteiger partial charge is 0.462 e. The second-order valence-corrected chi connectivity index (χ2v) is 5.84. The van der Waals surface area contributed by atoms with Gasteiger partial charge in [0.25, 0.3) is 5.91 Å². The molecule has 2 aromatic rings. The number of hydrogen-bond acceptors (Lipinski definition) is 4. The molecule has 0 aliphatic heterocycles. The number of pyridine rings is 1. The third-order valence-corrected chi connectivity index (χ3v) is 4.09. The summed E-state index contributed by atoms with van der Waals surface area (Å²) in [6.45, 7) is 3.47. The SMILES string of the molecule is CCOC(=O)c1ccc(C(=O)Nc2cc(F)c(I)c(F)c2)nc1C. The molecular formula is C16H13F2IN2O3. The Morgan fingerprint density at radius 2 is 1.88 bits per heavy atom. The molecule has 0 atom stereocenters. The van der Waals surface area contributed by atoms with Crippen molar-refractivity contribution in [3.63, 3.8) is 0 Å². The molecule has 1 amide bonds. The summed E-state index contributed by atoms with van der Waals surface area (Å²) in [7, 11) is 0. The summed E-state index contributed by atoms with van der Waals surface area (Å²) < 4.78 is 31.7. The maximum Gasteiger partial charge on any atom is 0.339 e. The molecule has 1 heterocycles. The highest BCUT2D eigenvalue weighted by molar-refractivity contribution is 14.1. The quantitative estimate of drug-likeness (QED) is 0.442. The Labute approximate surface area is 150 Å². The maximum absolute atomic E-state index is 13.5. The third kappa shape index (κ3) is 4.05. The first-order valence-corrected chi connectivity index (χ1v) is 8.02. The van der Waals surface area contributed by atoms with E-state index < -0.39 is 23.5 Å². The van der Waals surface area contributed by atoms with Gasteiger partial charge in [-0.1, -0.05) is 0 Å². The summed E-state index contributed by atoms with van der Waals surface area (Å²) in [6.07, 6.45) is 0. The number of anilines is 1. The van der Waals surface area contributed by atoms with Crippen molar-refractivity contribution in [1.29, 1.82) is 0 Å². The monoisotopic (exact) mass is 446 g/mol. The van der Waals surface area contributed by atoms with Crippen LogP contribution in [0.15, 0.2) is 24.3 Å². The molecular weight excluding hydrogens is 433 g/mol. The van der Waals surface area contributed by atoms with Gasteiger partial charge in [-0.2, -0.15) is 0 Å². The molecule has 0 aliphatic rings. The van der Waals surface area contributed by atoms with E-state index in [2.05, 4.69) is 10.3 Å². The van der Waals surface area contributed by atoms with E-state index in [9.17, 15) is 18.4 Å². The summed E-state index contributed by atoms with van der Waals surface area (Å²) in [5.74, 6) is -2.72. The van der Waals surface area contributed by atoms with E-state index in [-0.39, 0.29) is 27.1 Å². The summed E-state index contributed by atoms with van der Waals surface area (Å²) in [6, 6.07) is 4.80. The number of nitrogens with one attached hydrogen (secondary N) is 1. The summed E-state index contributed by atoms with van der Waals surface area (Å²) in [4.78, 5) is 27.9. The minimum atomic E-state index is -0.771. The number of aryl methyl sites for hydroxylation is 1. The zero-order valence-electron chi connectivity index (χ0n) is 12.8. The number of benzene rings is 1. The van der Waals surface area contributed by atoms with Crippen molar-refractivity contribution in [2.45, 2.75) is 13.8 Å². The van der Waals surface area contributed by atoms with E-state index >= 15 is 0 Å². The second kappa shape index (κ2) is 7.65. The first-order chi connectivity index (χ1) is 11.3. The van der Waals surface area contributed by atoms with E-state index in [0.29, 0.717) is 5.69 Å². The summed E-state index contributed by atoms with van der Waals surface area (Å²) in [5, 5.41) is 2.37. The maximum atomic E-state index is 13.5. The third-order valence-electron chi connectivity index (χ3n) is 3.06. The zero-order chi connectivity index (χ0) is 17.9. The van der Waals surface area contributed by atoms with E-state index in [1.807, 2.05) is 0 Å². The minimum absolute atomic E-state index is 0.0138. The zero-order valence-corrected chi connectivity index (χ0v) is 15.0. The van der Waals surface area contributed by atoms with Crippen molar-refractivity contribution < 1.29 is 23.1 Å². The van der Waals surface area contributed by atoms with Crippen molar-refractivity contribution in [3.8, 4) is 0 Å². The second-order valence-electron chi connectivity index (χ2n) is 4.76. The first-order valence-electron chi connectivity index (χ1n) is 6.94. The Morgan fingerprint density at radius 1 is 1.25 bits per heavy atom. The Morgan fingerprint density at radius 3 is 2.42 bits per heavy atom. The Bertz CT molecular complexity index is 789. The lowest BCUT2D eigenvalue weighted by atomic mass is 10.2. The average molecular weight is 446 g/mol. The molecule has 126 valence electrons. The van der Waals surface area contributed by atoms with Crippen LogP contribution in [0.5, 0.6) is 0 Å².